The van der Waals surface area contributed by atoms with Crippen LogP contribution in [0.25, 0.3) is 6.08 Å². The first-order chi connectivity index (χ1) is 11.4. The molecule has 0 saturated carbocycles. The Kier molecular flexibility index (Phi) is 4.89. The number of nitrogens with zero attached hydrogens (tertiary/aromatic N) is 1. The van der Waals surface area contributed by atoms with Crippen molar-refractivity contribution in [3.05, 3.63) is 63.6 Å². The number of rotatable bonds is 5. The maximum Gasteiger partial charge on any atom is 0.252 e. The van der Waals surface area contributed by atoms with Gasteiger partial charge in [0.1, 0.15) is 9.22 Å². The Labute approximate surface area is 153 Å². The van der Waals surface area contributed by atoms with Crippen LogP contribution in [-0.4, -0.2) is 24.1 Å². The van der Waals surface area contributed by atoms with Gasteiger partial charge in [-0.05, 0) is 33.8 Å². The monoisotopic (exact) mass is 426 g/mol. The lowest BCUT2D eigenvalue weighted by molar-refractivity contribution is 0.430. The van der Waals surface area contributed by atoms with E-state index in [-0.39, 0.29) is 5.88 Å². The van der Waals surface area contributed by atoms with Crippen LogP contribution < -0.4 is 4.72 Å². The van der Waals surface area contributed by atoms with Gasteiger partial charge in [-0.2, -0.15) is 0 Å². The van der Waals surface area contributed by atoms with E-state index < -0.39 is 14.8 Å². The molecule has 1 unspecified atom stereocenters. The normalized spacial score (nSPS) is 20.8. The van der Waals surface area contributed by atoms with E-state index in [1.165, 1.54) is 11.8 Å². The molecule has 0 spiro atoms. The predicted octanol–water partition coefficient (Wildman–Crippen LogP) is 4.20. The topological polar surface area (TPSA) is 72.2 Å². The molecule has 0 fully saturated rings. The van der Waals surface area contributed by atoms with Crippen LogP contribution in [0, 0.1) is 6.92 Å². The number of thioether (sulfide) groups is 1. The van der Waals surface area contributed by atoms with Gasteiger partial charge in [0.15, 0.2) is 0 Å². The van der Waals surface area contributed by atoms with Crippen LogP contribution in [0.2, 0.25) is 0 Å². The van der Waals surface area contributed by atoms with Gasteiger partial charge in [-0.25, -0.2) is 13.1 Å². The summed E-state index contributed by atoms with van der Waals surface area (Å²) in [6.07, 6.45) is 5.21. The maximum atomic E-state index is 13.0. The summed E-state index contributed by atoms with van der Waals surface area (Å²) in [5, 5.41) is 5.55. The molecule has 126 valence electrons. The van der Waals surface area contributed by atoms with E-state index in [1.807, 2.05) is 36.4 Å². The summed E-state index contributed by atoms with van der Waals surface area (Å²) in [5.41, 5.74) is 1.52. The van der Waals surface area contributed by atoms with Crippen LogP contribution in [0.3, 0.4) is 0 Å². The third-order valence-corrected chi connectivity index (χ3v) is 7.59. The SMILES string of the molecule is Cc1noc(NS(=O)(=O)C2(C=Cc3ccccc3)C=CSC2)c1Br. The first-order valence-corrected chi connectivity index (χ1v) is 10.4. The minimum absolute atomic E-state index is 0.0882. The smallest absolute Gasteiger partial charge is 0.252 e. The van der Waals surface area contributed by atoms with Gasteiger partial charge in [-0.15, -0.1) is 11.8 Å². The summed E-state index contributed by atoms with van der Waals surface area (Å²) in [7, 11) is -3.76. The average Bonchev–Trinajstić information content (AvgIpc) is 3.17. The number of halogens is 1. The molecule has 0 radical (unpaired) electrons. The van der Waals surface area contributed by atoms with Crippen molar-refractivity contribution >= 4 is 49.7 Å². The highest BCUT2D eigenvalue weighted by Gasteiger charge is 2.42. The molecule has 0 bridgehead atoms. The van der Waals surface area contributed by atoms with Crippen LogP contribution in [0.4, 0.5) is 5.88 Å². The van der Waals surface area contributed by atoms with Gasteiger partial charge in [0.05, 0.1) is 5.69 Å². The van der Waals surface area contributed by atoms with E-state index >= 15 is 0 Å². The highest BCUT2D eigenvalue weighted by Crippen LogP contribution is 2.36. The minimum atomic E-state index is -3.76. The maximum absolute atomic E-state index is 13.0. The first-order valence-electron chi connectivity index (χ1n) is 7.11. The van der Waals surface area contributed by atoms with Crippen molar-refractivity contribution in [2.45, 2.75) is 11.7 Å². The summed E-state index contributed by atoms with van der Waals surface area (Å²) >= 11 is 4.73. The minimum Gasteiger partial charge on any atom is -0.336 e. The number of aromatic nitrogens is 1. The van der Waals surface area contributed by atoms with E-state index in [2.05, 4.69) is 25.8 Å². The van der Waals surface area contributed by atoms with Crippen molar-refractivity contribution in [1.29, 1.82) is 0 Å². The first kappa shape index (κ1) is 17.3. The molecule has 0 amide bonds. The summed E-state index contributed by atoms with van der Waals surface area (Å²) in [6, 6.07) is 9.58. The van der Waals surface area contributed by atoms with Crippen molar-refractivity contribution in [3.63, 3.8) is 0 Å². The summed E-state index contributed by atoms with van der Waals surface area (Å²) in [6.45, 7) is 1.72. The lowest BCUT2D eigenvalue weighted by atomic mass is 10.1. The number of hydrogen-bond donors (Lipinski definition) is 1. The van der Waals surface area contributed by atoms with Crippen molar-refractivity contribution < 1.29 is 12.9 Å². The molecular weight excluding hydrogens is 412 g/mol. The number of anilines is 1. The number of benzene rings is 1. The fraction of sp³-hybridized carbons (Fsp3) is 0.188. The van der Waals surface area contributed by atoms with Gasteiger partial charge in [-0.1, -0.05) is 53.7 Å². The number of hydrogen-bond acceptors (Lipinski definition) is 5. The molecule has 3 rings (SSSR count). The second-order valence-corrected chi connectivity index (χ2v) is 8.99. The Balaban J connectivity index is 1.93. The van der Waals surface area contributed by atoms with Crippen molar-refractivity contribution in [2.24, 2.45) is 0 Å². The van der Waals surface area contributed by atoms with Crippen LogP contribution in [0.1, 0.15) is 11.3 Å². The lowest BCUT2D eigenvalue weighted by Gasteiger charge is -2.23. The van der Waals surface area contributed by atoms with Gasteiger partial charge in [-0.3, -0.25) is 0 Å². The second kappa shape index (κ2) is 6.78. The molecular formula is C16H15BrN2O3S2. The summed E-state index contributed by atoms with van der Waals surface area (Å²) in [5.74, 6) is 0.487. The Bertz CT molecular complexity index is 891. The Morgan fingerprint density at radius 2 is 2.12 bits per heavy atom. The quantitative estimate of drug-likeness (QED) is 0.775. The van der Waals surface area contributed by atoms with E-state index in [4.69, 9.17) is 4.52 Å². The van der Waals surface area contributed by atoms with Gasteiger partial charge in [0.25, 0.3) is 5.88 Å². The summed E-state index contributed by atoms with van der Waals surface area (Å²) in [4.78, 5) is 0. The van der Waals surface area contributed by atoms with Gasteiger partial charge < -0.3 is 4.52 Å². The molecule has 1 aliphatic rings. The summed E-state index contributed by atoms with van der Waals surface area (Å²) < 4.78 is 32.9. The fourth-order valence-electron chi connectivity index (χ4n) is 2.19. The predicted molar refractivity (Wildman–Crippen MR) is 101 cm³/mol. The zero-order chi connectivity index (χ0) is 17.2. The molecule has 2 aromatic rings. The number of aryl methyl sites for hydroxylation is 1. The molecule has 24 heavy (non-hydrogen) atoms. The molecule has 1 atom stereocenters. The average molecular weight is 427 g/mol. The van der Waals surface area contributed by atoms with Crippen LogP contribution in [-0.2, 0) is 10.0 Å². The van der Waals surface area contributed by atoms with E-state index in [0.717, 1.165) is 5.56 Å². The van der Waals surface area contributed by atoms with Gasteiger partial charge in [0.2, 0.25) is 10.0 Å². The van der Waals surface area contributed by atoms with E-state index in [0.29, 0.717) is 15.9 Å². The number of nitrogens with one attached hydrogen (secondary N) is 1. The van der Waals surface area contributed by atoms with Crippen LogP contribution >= 0.6 is 27.7 Å². The molecule has 0 saturated heterocycles. The zero-order valence-electron chi connectivity index (χ0n) is 12.8. The highest BCUT2D eigenvalue weighted by molar-refractivity contribution is 9.10. The number of sulfonamides is 1. The lowest BCUT2D eigenvalue weighted by Crippen LogP contribution is -2.39. The molecule has 8 heteroatoms. The molecule has 0 aliphatic carbocycles. The Morgan fingerprint density at radius 3 is 2.71 bits per heavy atom. The zero-order valence-corrected chi connectivity index (χ0v) is 16.0. The standard InChI is InChI=1S/C16H15BrN2O3S2/c1-12-14(17)15(22-18-12)19-24(20,21)16(9-10-23-11-16)8-7-13-5-3-2-4-6-13/h2-10,19H,11H2,1H3. The van der Waals surface area contributed by atoms with Gasteiger partial charge in [0, 0.05) is 5.75 Å². The van der Waals surface area contributed by atoms with Gasteiger partial charge >= 0.3 is 0 Å². The molecule has 1 aromatic heterocycles. The molecule has 1 aliphatic heterocycles. The van der Waals surface area contributed by atoms with Crippen molar-refractivity contribution in [1.82, 2.24) is 5.16 Å². The largest absolute Gasteiger partial charge is 0.336 e. The molecule has 5 nitrogen and oxygen atoms in total. The van der Waals surface area contributed by atoms with E-state index in [1.54, 1.807) is 24.5 Å². The van der Waals surface area contributed by atoms with Crippen molar-refractivity contribution in [2.75, 3.05) is 10.5 Å². The fourth-order valence-corrected chi connectivity index (χ4v) is 5.43. The van der Waals surface area contributed by atoms with E-state index in [9.17, 15) is 8.42 Å². The molecule has 2 heterocycles. The Hall–Kier alpha value is -1.51. The third kappa shape index (κ3) is 3.31. The third-order valence-electron chi connectivity index (χ3n) is 3.63. The molecule has 1 aromatic carbocycles. The van der Waals surface area contributed by atoms with Crippen LogP contribution in [0.15, 0.2) is 56.9 Å². The highest BCUT2D eigenvalue weighted by atomic mass is 79.9. The second-order valence-electron chi connectivity index (χ2n) is 5.33. The van der Waals surface area contributed by atoms with Crippen LogP contribution in [0.5, 0.6) is 0 Å². The molecule has 1 N–H and O–H groups in total. The Morgan fingerprint density at radius 1 is 1.38 bits per heavy atom. The van der Waals surface area contributed by atoms with Crippen molar-refractivity contribution in [3.8, 4) is 0 Å².